The van der Waals surface area contributed by atoms with Crippen molar-refractivity contribution in [2.24, 2.45) is 5.41 Å². The third-order valence-electron chi connectivity index (χ3n) is 5.79. The lowest BCUT2D eigenvalue weighted by Crippen LogP contribution is -2.36. The summed E-state index contributed by atoms with van der Waals surface area (Å²) in [7, 11) is 0. The van der Waals surface area contributed by atoms with Crippen LogP contribution in [-0.2, 0) is 4.79 Å². The molecule has 7 heteroatoms. The van der Waals surface area contributed by atoms with E-state index in [1.807, 2.05) is 20.8 Å². The first-order valence-corrected chi connectivity index (χ1v) is 9.94. The van der Waals surface area contributed by atoms with E-state index in [-0.39, 0.29) is 35.8 Å². The van der Waals surface area contributed by atoms with Gasteiger partial charge in [-0.15, -0.1) is 0 Å². The molecule has 5 nitrogen and oxygen atoms in total. The number of fused-ring (bicyclic) bond motifs is 5. The van der Waals surface area contributed by atoms with E-state index < -0.39 is 11.2 Å². The Balaban J connectivity index is 1.71. The Bertz CT molecular complexity index is 977. The second-order valence-electron chi connectivity index (χ2n) is 8.72. The van der Waals surface area contributed by atoms with Crippen molar-refractivity contribution in [3.05, 3.63) is 46.0 Å². The summed E-state index contributed by atoms with van der Waals surface area (Å²) in [6.45, 7) is 5.40. The van der Waals surface area contributed by atoms with Gasteiger partial charge in [0, 0.05) is 21.9 Å². The molecule has 28 heavy (non-hydrogen) atoms. The molecule has 1 saturated carbocycles. The molecule has 2 aliphatic carbocycles. The van der Waals surface area contributed by atoms with E-state index in [9.17, 15) is 14.0 Å². The highest BCUT2D eigenvalue weighted by Crippen LogP contribution is 2.54. The number of hydrogen-bond acceptors (Lipinski definition) is 3. The fourth-order valence-corrected chi connectivity index (χ4v) is 4.40. The zero-order chi connectivity index (χ0) is 20.2. The molecule has 0 saturated heterocycles. The fourth-order valence-electron chi connectivity index (χ4n) is 4.24. The number of carbonyl (C=O) groups excluding carboxylic acids is 2. The Labute approximate surface area is 168 Å². The highest BCUT2D eigenvalue weighted by molar-refractivity contribution is 6.30. The van der Waals surface area contributed by atoms with Crippen molar-refractivity contribution < 1.29 is 14.0 Å². The lowest BCUT2D eigenvalue weighted by molar-refractivity contribution is -0.125. The van der Waals surface area contributed by atoms with Crippen LogP contribution in [0.2, 0.25) is 5.02 Å². The van der Waals surface area contributed by atoms with Crippen LogP contribution in [0.5, 0.6) is 0 Å². The molecule has 1 aromatic carbocycles. The van der Waals surface area contributed by atoms with Gasteiger partial charge < -0.3 is 5.32 Å². The van der Waals surface area contributed by atoms with Gasteiger partial charge in [-0.3, -0.25) is 9.59 Å². The summed E-state index contributed by atoms with van der Waals surface area (Å²) >= 11 is 5.88. The van der Waals surface area contributed by atoms with Gasteiger partial charge in [-0.1, -0.05) is 32.4 Å². The predicted octanol–water partition coefficient (Wildman–Crippen LogP) is 4.37. The molecule has 148 valence electrons. The maximum Gasteiger partial charge on any atom is 0.272 e. The second kappa shape index (κ2) is 6.69. The van der Waals surface area contributed by atoms with Crippen molar-refractivity contribution in [1.29, 1.82) is 0 Å². The minimum absolute atomic E-state index is 0.0482. The standard InChI is InChI=1S/C21H23ClFN3O2/c1-21(2,3)16(27)10-24-20(28)18-17-11-4-5-12(8-11)19(17)26(25-18)15-7-6-13(22)9-14(15)23/h6-7,9,11-12H,4-5,8,10H2,1-3H3,(H,24,28)/t11-,12-/m0/s1. The van der Waals surface area contributed by atoms with Crippen molar-refractivity contribution in [3.63, 3.8) is 0 Å². The molecule has 4 rings (SSSR count). The molecule has 1 aromatic heterocycles. The molecule has 2 bridgehead atoms. The molecule has 2 atom stereocenters. The van der Waals surface area contributed by atoms with Gasteiger partial charge >= 0.3 is 0 Å². The summed E-state index contributed by atoms with van der Waals surface area (Å²) in [5.74, 6) is -0.365. The first kappa shape index (κ1) is 19.1. The molecule has 2 aliphatic rings. The fraction of sp³-hybridized carbons (Fsp3) is 0.476. The highest BCUT2D eigenvalue weighted by Gasteiger charge is 2.44. The number of benzene rings is 1. The van der Waals surface area contributed by atoms with Crippen LogP contribution >= 0.6 is 11.6 Å². The van der Waals surface area contributed by atoms with E-state index in [0.29, 0.717) is 10.7 Å². The second-order valence-corrected chi connectivity index (χ2v) is 9.15. The number of carbonyl (C=O) groups is 2. The first-order chi connectivity index (χ1) is 13.2. The van der Waals surface area contributed by atoms with E-state index >= 15 is 0 Å². The van der Waals surface area contributed by atoms with Crippen molar-refractivity contribution >= 4 is 23.3 Å². The number of amides is 1. The molecular formula is C21H23ClFN3O2. The number of hydrogen-bond donors (Lipinski definition) is 1. The van der Waals surface area contributed by atoms with Gasteiger partial charge in [0.1, 0.15) is 11.5 Å². The Morgan fingerprint density at radius 1 is 1.29 bits per heavy atom. The quantitative estimate of drug-likeness (QED) is 0.824. The largest absolute Gasteiger partial charge is 0.344 e. The molecule has 0 unspecified atom stereocenters. The van der Waals surface area contributed by atoms with E-state index in [4.69, 9.17) is 11.6 Å². The third kappa shape index (κ3) is 3.13. The SMILES string of the molecule is CC(C)(C)C(=O)CNC(=O)c1nn(-c2ccc(Cl)cc2F)c2c1[C@H]1CC[C@H]2C1. The van der Waals surface area contributed by atoms with Crippen LogP contribution in [0.15, 0.2) is 18.2 Å². The van der Waals surface area contributed by atoms with Crippen LogP contribution < -0.4 is 5.32 Å². The number of Topliss-reactive ketones (excluding diaryl/α,β-unsaturated/α-hetero) is 1. The number of nitrogens with one attached hydrogen (secondary N) is 1. The topological polar surface area (TPSA) is 64.0 Å². The summed E-state index contributed by atoms with van der Waals surface area (Å²) in [4.78, 5) is 25.0. The predicted molar refractivity (Wildman–Crippen MR) is 105 cm³/mol. The van der Waals surface area contributed by atoms with Gasteiger partial charge in [-0.05, 0) is 43.4 Å². The van der Waals surface area contributed by atoms with Gasteiger partial charge in [0.2, 0.25) is 0 Å². The van der Waals surface area contributed by atoms with E-state index in [1.54, 1.807) is 16.8 Å². The molecule has 1 amide bonds. The molecule has 1 heterocycles. The summed E-state index contributed by atoms with van der Waals surface area (Å²) in [6, 6.07) is 4.45. The summed E-state index contributed by atoms with van der Waals surface area (Å²) < 4.78 is 16.1. The van der Waals surface area contributed by atoms with Gasteiger partial charge in [0.25, 0.3) is 5.91 Å². The lowest BCUT2D eigenvalue weighted by atomic mass is 9.91. The van der Waals surface area contributed by atoms with E-state index in [0.717, 1.165) is 30.5 Å². The maximum atomic E-state index is 14.6. The highest BCUT2D eigenvalue weighted by atomic mass is 35.5. The smallest absolute Gasteiger partial charge is 0.272 e. The number of rotatable bonds is 4. The number of ketones is 1. The van der Waals surface area contributed by atoms with Gasteiger partial charge in [0.05, 0.1) is 12.2 Å². The zero-order valence-corrected chi connectivity index (χ0v) is 16.9. The first-order valence-electron chi connectivity index (χ1n) is 9.56. The van der Waals surface area contributed by atoms with E-state index in [2.05, 4.69) is 10.4 Å². The lowest BCUT2D eigenvalue weighted by Gasteiger charge is -2.17. The Kier molecular flexibility index (Phi) is 4.57. The molecule has 1 N–H and O–H groups in total. The summed E-state index contributed by atoms with van der Waals surface area (Å²) in [5, 5.41) is 7.50. The molecule has 0 spiro atoms. The minimum atomic E-state index is -0.528. The van der Waals surface area contributed by atoms with Crippen LogP contribution in [-0.4, -0.2) is 28.0 Å². The van der Waals surface area contributed by atoms with E-state index in [1.165, 1.54) is 6.07 Å². The normalized spacial score (nSPS) is 20.3. The average Bonchev–Trinajstić information content (AvgIpc) is 3.31. The van der Waals surface area contributed by atoms with Crippen LogP contribution in [0.1, 0.15) is 73.6 Å². The molecule has 0 radical (unpaired) electrons. The minimum Gasteiger partial charge on any atom is -0.344 e. The number of nitrogens with zero attached hydrogens (tertiary/aromatic N) is 2. The maximum absolute atomic E-state index is 14.6. The van der Waals surface area contributed by atoms with Gasteiger partial charge in [-0.25, -0.2) is 9.07 Å². The van der Waals surface area contributed by atoms with Crippen LogP contribution in [0.4, 0.5) is 4.39 Å². The monoisotopic (exact) mass is 403 g/mol. The number of aromatic nitrogens is 2. The van der Waals surface area contributed by atoms with Crippen molar-refractivity contribution in [2.75, 3.05) is 6.54 Å². The van der Waals surface area contributed by atoms with Crippen LogP contribution in [0.25, 0.3) is 5.69 Å². The Morgan fingerprint density at radius 3 is 2.68 bits per heavy atom. The van der Waals surface area contributed by atoms with Crippen molar-refractivity contribution in [1.82, 2.24) is 15.1 Å². The molecule has 2 aromatic rings. The zero-order valence-electron chi connectivity index (χ0n) is 16.2. The van der Waals surface area contributed by atoms with Crippen LogP contribution in [0.3, 0.4) is 0 Å². The molecule has 0 aliphatic heterocycles. The van der Waals surface area contributed by atoms with Gasteiger partial charge in [0.15, 0.2) is 11.5 Å². The van der Waals surface area contributed by atoms with Crippen molar-refractivity contribution in [3.8, 4) is 5.69 Å². The van der Waals surface area contributed by atoms with Crippen LogP contribution in [0, 0.1) is 11.2 Å². The Hall–Kier alpha value is -2.21. The average molecular weight is 404 g/mol. The molecule has 1 fully saturated rings. The summed E-state index contributed by atoms with van der Waals surface area (Å²) in [6.07, 6.45) is 2.99. The number of halogens is 2. The third-order valence-corrected chi connectivity index (χ3v) is 6.02. The van der Waals surface area contributed by atoms with Crippen molar-refractivity contribution in [2.45, 2.75) is 51.9 Å². The van der Waals surface area contributed by atoms with Gasteiger partial charge in [-0.2, -0.15) is 5.10 Å². The summed E-state index contributed by atoms with van der Waals surface area (Å²) in [5.41, 5.74) is 1.90. The molecular weight excluding hydrogens is 381 g/mol. The Morgan fingerprint density at radius 2 is 2.00 bits per heavy atom.